The van der Waals surface area contributed by atoms with Gasteiger partial charge < -0.3 is 0 Å². The first-order valence-electron chi connectivity index (χ1n) is 5.96. The number of rotatable bonds is 3. The molecular weight excluding hydrogens is 238 g/mol. The molecule has 0 atom stereocenters. The van der Waals surface area contributed by atoms with Crippen LogP contribution < -0.4 is 5.32 Å². The van der Waals surface area contributed by atoms with E-state index >= 15 is 0 Å². The van der Waals surface area contributed by atoms with Crippen LogP contribution >= 0.6 is 11.6 Å². The van der Waals surface area contributed by atoms with Crippen LogP contribution in [0, 0.1) is 5.41 Å². The molecular formula is C12H16ClN3O. The summed E-state index contributed by atoms with van der Waals surface area (Å²) in [6.07, 6.45) is 6.55. The molecule has 1 aromatic heterocycles. The van der Waals surface area contributed by atoms with Crippen molar-refractivity contribution in [3.05, 3.63) is 17.4 Å². The number of amides is 1. The maximum Gasteiger partial charge on any atom is 0.232 e. The zero-order valence-corrected chi connectivity index (χ0v) is 10.6. The van der Waals surface area contributed by atoms with E-state index in [-0.39, 0.29) is 11.3 Å². The van der Waals surface area contributed by atoms with E-state index < -0.39 is 0 Å². The van der Waals surface area contributed by atoms with Crippen LogP contribution in [0.25, 0.3) is 0 Å². The van der Waals surface area contributed by atoms with Crippen molar-refractivity contribution >= 4 is 23.5 Å². The summed E-state index contributed by atoms with van der Waals surface area (Å²) in [6.45, 7) is 2.06. The van der Waals surface area contributed by atoms with Gasteiger partial charge in [-0.2, -0.15) is 0 Å². The van der Waals surface area contributed by atoms with Gasteiger partial charge >= 0.3 is 0 Å². The maximum absolute atomic E-state index is 12.2. The van der Waals surface area contributed by atoms with Gasteiger partial charge in [0, 0.05) is 11.6 Å². The summed E-state index contributed by atoms with van der Waals surface area (Å²) < 4.78 is 0. The molecule has 0 aliphatic heterocycles. The van der Waals surface area contributed by atoms with E-state index in [4.69, 9.17) is 11.6 Å². The summed E-state index contributed by atoms with van der Waals surface area (Å²) in [5.41, 5.74) is -0.230. The fourth-order valence-corrected chi connectivity index (χ4v) is 2.56. The van der Waals surface area contributed by atoms with Gasteiger partial charge in [0.05, 0.1) is 0 Å². The Morgan fingerprint density at radius 2 is 2.24 bits per heavy atom. The van der Waals surface area contributed by atoms with Gasteiger partial charge in [-0.15, -0.1) is 0 Å². The lowest BCUT2D eigenvalue weighted by molar-refractivity contribution is -0.125. The number of nitrogens with zero attached hydrogens (tertiary/aromatic N) is 2. The minimum Gasteiger partial charge on any atom is -0.294 e. The molecule has 0 bridgehead atoms. The summed E-state index contributed by atoms with van der Waals surface area (Å²) in [4.78, 5) is 20.2. The van der Waals surface area contributed by atoms with Crippen molar-refractivity contribution in [2.24, 2.45) is 5.41 Å². The van der Waals surface area contributed by atoms with Gasteiger partial charge in [0.25, 0.3) is 0 Å². The lowest BCUT2D eigenvalue weighted by Gasteiger charge is -2.25. The Balaban J connectivity index is 2.10. The summed E-state index contributed by atoms with van der Waals surface area (Å²) >= 11 is 5.75. The first kappa shape index (κ1) is 12.3. The number of halogens is 1. The standard InChI is InChI=1S/C12H16ClN3O/c1-2-12(6-3-4-7-12)10(17)16-11-14-8-5-9(13)15-11/h5,8H,2-4,6-7H2,1H3,(H,14,15,16,17). The first-order chi connectivity index (χ1) is 8.16. The predicted octanol–water partition coefficient (Wildman–Crippen LogP) is 3.04. The Morgan fingerprint density at radius 1 is 1.53 bits per heavy atom. The van der Waals surface area contributed by atoms with Gasteiger partial charge in [-0.05, 0) is 25.3 Å². The Morgan fingerprint density at radius 3 is 2.82 bits per heavy atom. The van der Waals surface area contributed by atoms with Gasteiger partial charge in [0.1, 0.15) is 5.15 Å². The second kappa shape index (κ2) is 5.00. The van der Waals surface area contributed by atoms with Crippen LogP contribution in [0.5, 0.6) is 0 Å². The summed E-state index contributed by atoms with van der Waals surface area (Å²) in [5, 5.41) is 3.11. The van der Waals surface area contributed by atoms with Crippen molar-refractivity contribution in [1.82, 2.24) is 9.97 Å². The van der Waals surface area contributed by atoms with Gasteiger partial charge in [0.2, 0.25) is 11.9 Å². The smallest absolute Gasteiger partial charge is 0.232 e. The van der Waals surface area contributed by atoms with Crippen LogP contribution in [0.3, 0.4) is 0 Å². The van der Waals surface area contributed by atoms with Gasteiger partial charge in [0.15, 0.2) is 0 Å². The number of aromatic nitrogens is 2. The van der Waals surface area contributed by atoms with E-state index in [0.717, 1.165) is 32.1 Å². The molecule has 0 aromatic carbocycles. The number of anilines is 1. The van der Waals surface area contributed by atoms with E-state index in [0.29, 0.717) is 11.1 Å². The van der Waals surface area contributed by atoms with Crippen LogP contribution in [0.1, 0.15) is 39.0 Å². The summed E-state index contributed by atoms with van der Waals surface area (Å²) in [6, 6.07) is 1.59. The fraction of sp³-hybridized carbons (Fsp3) is 0.583. The zero-order valence-electron chi connectivity index (χ0n) is 9.87. The van der Waals surface area contributed by atoms with E-state index in [1.54, 1.807) is 6.07 Å². The minimum atomic E-state index is -0.230. The third kappa shape index (κ3) is 2.57. The molecule has 4 nitrogen and oxygen atoms in total. The van der Waals surface area contributed by atoms with Gasteiger partial charge in [-0.25, -0.2) is 9.97 Å². The highest BCUT2D eigenvalue weighted by Gasteiger charge is 2.39. The van der Waals surface area contributed by atoms with Crippen molar-refractivity contribution in [1.29, 1.82) is 0 Å². The molecule has 2 rings (SSSR count). The number of nitrogens with one attached hydrogen (secondary N) is 1. The van der Waals surface area contributed by atoms with Crippen LogP contribution in [-0.2, 0) is 4.79 Å². The van der Waals surface area contributed by atoms with Crippen LogP contribution in [0.2, 0.25) is 5.15 Å². The fourth-order valence-electron chi connectivity index (χ4n) is 2.42. The van der Waals surface area contributed by atoms with E-state index in [1.165, 1.54) is 6.20 Å². The topological polar surface area (TPSA) is 54.9 Å². The molecule has 0 radical (unpaired) electrons. The molecule has 1 aliphatic rings. The van der Waals surface area contributed by atoms with Crippen molar-refractivity contribution < 1.29 is 4.79 Å². The molecule has 92 valence electrons. The van der Waals surface area contributed by atoms with E-state index in [2.05, 4.69) is 22.2 Å². The quantitative estimate of drug-likeness (QED) is 0.843. The highest BCUT2D eigenvalue weighted by Crippen LogP contribution is 2.41. The molecule has 17 heavy (non-hydrogen) atoms. The average molecular weight is 254 g/mol. The van der Waals surface area contributed by atoms with Crippen molar-refractivity contribution in [2.45, 2.75) is 39.0 Å². The second-order valence-corrected chi connectivity index (χ2v) is 4.89. The molecule has 1 saturated carbocycles. The third-order valence-electron chi connectivity index (χ3n) is 3.57. The molecule has 5 heteroatoms. The number of carbonyl (C=O) groups is 1. The Kier molecular flexibility index (Phi) is 3.62. The molecule has 1 aliphatic carbocycles. The van der Waals surface area contributed by atoms with E-state index in [1.807, 2.05) is 0 Å². The van der Waals surface area contributed by atoms with Gasteiger partial charge in [-0.1, -0.05) is 31.4 Å². The van der Waals surface area contributed by atoms with Crippen molar-refractivity contribution in [3.8, 4) is 0 Å². The van der Waals surface area contributed by atoms with Gasteiger partial charge in [-0.3, -0.25) is 10.1 Å². The maximum atomic E-state index is 12.2. The molecule has 0 spiro atoms. The molecule has 1 aromatic rings. The highest BCUT2D eigenvalue weighted by molar-refractivity contribution is 6.29. The zero-order chi connectivity index (χ0) is 12.3. The predicted molar refractivity (Wildman–Crippen MR) is 66.9 cm³/mol. The van der Waals surface area contributed by atoms with Crippen molar-refractivity contribution in [2.75, 3.05) is 5.32 Å². The summed E-state index contributed by atoms with van der Waals surface area (Å²) in [7, 11) is 0. The lowest BCUT2D eigenvalue weighted by atomic mass is 9.82. The number of carbonyl (C=O) groups excluding carboxylic acids is 1. The Bertz CT molecular complexity index is 416. The Hall–Kier alpha value is -1.16. The monoisotopic (exact) mass is 253 g/mol. The van der Waals surface area contributed by atoms with Crippen LogP contribution in [0.4, 0.5) is 5.95 Å². The van der Waals surface area contributed by atoms with Crippen molar-refractivity contribution in [3.63, 3.8) is 0 Å². The van der Waals surface area contributed by atoms with Crippen LogP contribution in [-0.4, -0.2) is 15.9 Å². The van der Waals surface area contributed by atoms with Crippen LogP contribution in [0.15, 0.2) is 12.3 Å². The highest BCUT2D eigenvalue weighted by atomic mass is 35.5. The average Bonchev–Trinajstić information content (AvgIpc) is 2.78. The summed E-state index contributed by atoms with van der Waals surface area (Å²) in [5.74, 6) is 0.321. The number of hydrogen-bond acceptors (Lipinski definition) is 3. The normalized spacial score (nSPS) is 18.0. The first-order valence-corrected chi connectivity index (χ1v) is 6.34. The molecule has 1 amide bonds. The Labute approximate surface area is 106 Å². The third-order valence-corrected chi connectivity index (χ3v) is 3.78. The lowest BCUT2D eigenvalue weighted by Crippen LogP contribution is -2.33. The SMILES string of the molecule is CCC1(C(=O)Nc2nccc(Cl)n2)CCCC1. The molecule has 0 saturated heterocycles. The number of hydrogen-bond donors (Lipinski definition) is 1. The molecule has 1 N–H and O–H groups in total. The molecule has 1 fully saturated rings. The van der Waals surface area contributed by atoms with E-state index in [9.17, 15) is 4.79 Å². The largest absolute Gasteiger partial charge is 0.294 e. The molecule has 1 heterocycles. The minimum absolute atomic E-state index is 0.0276. The second-order valence-electron chi connectivity index (χ2n) is 4.50. The molecule has 0 unspecified atom stereocenters.